The van der Waals surface area contributed by atoms with Crippen LogP contribution in [0.2, 0.25) is 0 Å². The number of likely N-dealkylation sites (tertiary alicyclic amines) is 1. The molecule has 3 aromatic rings. The topological polar surface area (TPSA) is 61.3 Å². The number of para-hydroxylation sites is 1. The van der Waals surface area contributed by atoms with Crippen molar-refractivity contribution in [3.63, 3.8) is 0 Å². The molecule has 2 saturated carbocycles. The Morgan fingerprint density at radius 3 is 2.63 bits per heavy atom. The highest BCUT2D eigenvalue weighted by molar-refractivity contribution is 5.91. The van der Waals surface area contributed by atoms with Crippen molar-refractivity contribution in [2.75, 3.05) is 19.6 Å². The van der Waals surface area contributed by atoms with E-state index in [0.29, 0.717) is 23.3 Å². The molecule has 0 amide bonds. The lowest BCUT2D eigenvalue weighted by Gasteiger charge is -2.36. The molecule has 3 fully saturated rings. The average molecular weight is 512 g/mol. The number of nitrogens with zero attached hydrogens (tertiary/aromatic N) is 2. The van der Waals surface area contributed by atoms with Crippen LogP contribution < -0.4 is 10.6 Å². The number of carboxylic acid groups (broad SMARTS) is 1. The van der Waals surface area contributed by atoms with Gasteiger partial charge in [-0.15, -0.1) is 0 Å². The molecule has 0 radical (unpaired) electrons. The quantitative estimate of drug-likeness (QED) is 0.447. The number of aromatic carboxylic acids is 1. The lowest BCUT2D eigenvalue weighted by Crippen LogP contribution is -2.35. The van der Waals surface area contributed by atoms with Crippen LogP contribution in [0.5, 0.6) is 0 Å². The van der Waals surface area contributed by atoms with Gasteiger partial charge in [-0.05, 0) is 100 Å². The Balaban J connectivity index is 1.41. The van der Waals surface area contributed by atoms with E-state index in [2.05, 4.69) is 44.9 Å². The normalized spacial score (nSPS) is 24.4. The van der Waals surface area contributed by atoms with Crippen LogP contribution in [-0.2, 0) is 0 Å². The molecule has 2 N–H and O–H groups in total. The number of benzene rings is 1. The van der Waals surface area contributed by atoms with E-state index in [9.17, 15) is 9.90 Å². The number of fused-ring (bicyclic) bond motifs is 6. The van der Waals surface area contributed by atoms with Crippen molar-refractivity contribution < 1.29 is 9.90 Å². The number of aromatic amines is 1. The molecule has 2 atom stereocenters. The zero-order chi connectivity index (χ0) is 25.6. The predicted octanol–water partition coefficient (Wildman–Crippen LogP) is 5.93. The van der Waals surface area contributed by atoms with E-state index in [-0.39, 0.29) is 0 Å². The highest BCUT2D eigenvalue weighted by Gasteiger charge is 2.36. The molecule has 5 nitrogen and oxygen atoms in total. The number of carbonyl (C=O) groups is 1. The highest BCUT2D eigenvalue weighted by atomic mass is 16.4. The summed E-state index contributed by atoms with van der Waals surface area (Å²) in [5.41, 5.74) is 5.98. The number of nitrogens with one attached hydrogen (secondary N) is 1. The molecule has 0 bridgehead atoms. The minimum absolute atomic E-state index is 0.331. The molecule has 5 heteroatoms. The molecular weight excluding hydrogens is 470 g/mol. The van der Waals surface area contributed by atoms with Crippen LogP contribution in [-0.4, -0.2) is 45.2 Å². The van der Waals surface area contributed by atoms with Crippen molar-refractivity contribution in [1.29, 1.82) is 0 Å². The van der Waals surface area contributed by atoms with Gasteiger partial charge in [-0.25, -0.2) is 4.79 Å². The monoisotopic (exact) mass is 511 g/mol. The lowest BCUT2D eigenvalue weighted by atomic mass is 9.72. The molecule has 200 valence electrons. The van der Waals surface area contributed by atoms with Crippen molar-refractivity contribution in [3.8, 4) is 0 Å². The van der Waals surface area contributed by atoms with Crippen LogP contribution >= 0.6 is 0 Å². The van der Waals surface area contributed by atoms with E-state index < -0.39 is 5.97 Å². The molecule has 4 heterocycles. The van der Waals surface area contributed by atoms with E-state index in [4.69, 9.17) is 0 Å². The second kappa shape index (κ2) is 10.1. The van der Waals surface area contributed by atoms with Gasteiger partial charge < -0.3 is 19.6 Å². The fourth-order valence-electron chi connectivity index (χ4n) is 8.30. The molecule has 38 heavy (non-hydrogen) atoms. The molecule has 1 unspecified atom stereocenters. The summed E-state index contributed by atoms with van der Waals surface area (Å²) in [7, 11) is 0. The van der Waals surface area contributed by atoms with Gasteiger partial charge in [-0.3, -0.25) is 0 Å². The fourth-order valence-corrected chi connectivity index (χ4v) is 8.30. The second-order valence-corrected chi connectivity index (χ2v) is 12.3. The van der Waals surface area contributed by atoms with Crippen LogP contribution in [0.4, 0.5) is 0 Å². The number of hydrogen-bond acceptors (Lipinski definition) is 2. The molecule has 7 rings (SSSR count). The van der Waals surface area contributed by atoms with E-state index >= 15 is 0 Å². The average Bonchev–Trinajstić information content (AvgIpc) is 3.51. The van der Waals surface area contributed by atoms with Gasteiger partial charge in [0.25, 0.3) is 0 Å². The molecule has 2 aromatic heterocycles. The first-order valence-electron chi connectivity index (χ1n) is 15.2. The first kappa shape index (κ1) is 24.3. The molecule has 2 aliphatic heterocycles. The number of piperidine rings is 1. The zero-order valence-corrected chi connectivity index (χ0v) is 22.6. The fraction of sp³-hybridized carbons (Fsp3) is 0.545. The summed E-state index contributed by atoms with van der Waals surface area (Å²) < 4.78 is 2.44. The molecule has 1 aromatic carbocycles. The smallest absolute Gasteiger partial charge is 0.337 e. The summed E-state index contributed by atoms with van der Waals surface area (Å²) >= 11 is 0. The third-order valence-electron chi connectivity index (χ3n) is 10.1. The SMILES string of the molecule is O=C(O)c1c[nH]c2c1=Cn1c(cc3cccc(C4CCCCC4)c31)[C@H]1C=2CCCC1CCN1CCCCC1. The zero-order valence-electron chi connectivity index (χ0n) is 22.6. The Morgan fingerprint density at radius 1 is 1.00 bits per heavy atom. The maximum atomic E-state index is 12.3. The van der Waals surface area contributed by atoms with Crippen molar-refractivity contribution in [2.24, 2.45) is 5.92 Å². The standard InChI is InChI=1S/C33H41N3O2/c37-33(38)27-20-34-31-26-14-7-11-23(15-18-35-16-5-2-6-17-35)30(26)29-19-24-12-8-13-25(22-9-3-1-4-10-22)32(24)36(29)21-28(27)31/h8,12-13,19-23,30,34H,1-7,9-11,14-18H2,(H,37,38)/t23?,30-/m1/s1. The third-order valence-corrected chi connectivity index (χ3v) is 10.1. The summed E-state index contributed by atoms with van der Waals surface area (Å²) in [6, 6.07) is 9.32. The number of hydrogen-bond donors (Lipinski definition) is 2. The van der Waals surface area contributed by atoms with Crippen molar-refractivity contribution >= 4 is 28.6 Å². The minimum Gasteiger partial charge on any atom is -0.478 e. The summed E-state index contributed by atoms with van der Waals surface area (Å²) in [4.78, 5) is 18.4. The van der Waals surface area contributed by atoms with Gasteiger partial charge in [-0.1, -0.05) is 43.9 Å². The van der Waals surface area contributed by atoms with Gasteiger partial charge in [0.1, 0.15) is 0 Å². The Labute approximate surface area is 225 Å². The van der Waals surface area contributed by atoms with Crippen molar-refractivity contribution in [3.05, 3.63) is 57.9 Å². The van der Waals surface area contributed by atoms with Crippen LogP contribution in [0, 0.1) is 5.92 Å². The van der Waals surface area contributed by atoms with Gasteiger partial charge in [-0.2, -0.15) is 0 Å². The van der Waals surface area contributed by atoms with Crippen molar-refractivity contribution in [1.82, 2.24) is 14.5 Å². The van der Waals surface area contributed by atoms with Gasteiger partial charge >= 0.3 is 5.97 Å². The predicted molar refractivity (Wildman–Crippen MR) is 153 cm³/mol. The Bertz CT molecular complexity index is 1470. The largest absolute Gasteiger partial charge is 0.478 e. The first-order chi connectivity index (χ1) is 18.7. The summed E-state index contributed by atoms with van der Waals surface area (Å²) in [6.45, 7) is 3.68. The van der Waals surface area contributed by atoms with Gasteiger partial charge in [0.15, 0.2) is 0 Å². The van der Waals surface area contributed by atoms with Crippen LogP contribution in [0.1, 0.15) is 111 Å². The van der Waals surface area contributed by atoms with Crippen LogP contribution in [0.3, 0.4) is 0 Å². The summed E-state index contributed by atoms with van der Waals surface area (Å²) in [5.74, 6) is 0.661. The maximum absolute atomic E-state index is 12.3. The molecule has 0 spiro atoms. The van der Waals surface area contributed by atoms with E-state index in [1.54, 1.807) is 6.20 Å². The summed E-state index contributed by atoms with van der Waals surface area (Å²) in [5, 5.41) is 13.4. The Morgan fingerprint density at radius 2 is 1.82 bits per heavy atom. The van der Waals surface area contributed by atoms with E-state index in [1.807, 2.05) is 0 Å². The number of H-pyrrole nitrogens is 1. The number of rotatable bonds is 5. The van der Waals surface area contributed by atoms with Crippen LogP contribution in [0.25, 0.3) is 22.7 Å². The lowest BCUT2D eigenvalue weighted by molar-refractivity contribution is 0.0696. The second-order valence-electron chi connectivity index (χ2n) is 12.3. The van der Waals surface area contributed by atoms with Gasteiger partial charge in [0.05, 0.1) is 11.1 Å². The molecular formula is C33H41N3O2. The third kappa shape index (κ3) is 4.14. The van der Waals surface area contributed by atoms with Crippen molar-refractivity contribution in [2.45, 2.75) is 88.9 Å². The number of carboxylic acids is 1. The summed E-state index contributed by atoms with van der Waals surface area (Å²) in [6.07, 6.45) is 19.1. The molecule has 4 aliphatic rings. The van der Waals surface area contributed by atoms with E-state index in [0.717, 1.165) is 17.0 Å². The molecule has 1 saturated heterocycles. The van der Waals surface area contributed by atoms with Gasteiger partial charge in [0, 0.05) is 40.0 Å². The highest BCUT2D eigenvalue weighted by Crippen LogP contribution is 2.47. The van der Waals surface area contributed by atoms with Crippen LogP contribution in [0.15, 0.2) is 30.5 Å². The maximum Gasteiger partial charge on any atom is 0.337 e. The Hall–Kier alpha value is -2.79. The number of aromatic nitrogens is 2. The minimum atomic E-state index is -0.847. The molecule has 2 aliphatic carbocycles. The Kier molecular flexibility index (Phi) is 6.43. The van der Waals surface area contributed by atoms with E-state index in [1.165, 1.54) is 118 Å². The first-order valence-corrected chi connectivity index (χ1v) is 15.2. The van der Waals surface area contributed by atoms with Gasteiger partial charge in [0.2, 0.25) is 0 Å².